The molecule has 18 heavy (non-hydrogen) atoms. The van der Waals surface area contributed by atoms with Crippen LogP contribution in [-0.2, 0) is 14.8 Å². The fraction of sp³-hybridized carbons (Fsp3) is 0.500. The van der Waals surface area contributed by atoms with Crippen LogP contribution in [0.15, 0.2) is 20.1 Å². The molecule has 1 aliphatic rings. The molecule has 1 N–H and O–H groups in total. The van der Waals surface area contributed by atoms with Crippen LogP contribution in [0.1, 0.15) is 19.3 Å². The smallest absolute Gasteiger partial charge is 0.322 e. The van der Waals surface area contributed by atoms with Gasteiger partial charge in [-0.2, -0.15) is 4.31 Å². The van der Waals surface area contributed by atoms with Gasteiger partial charge in [-0.1, -0.05) is 0 Å². The Balaban J connectivity index is 2.39. The van der Waals surface area contributed by atoms with E-state index in [0.29, 0.717) is 17.3 Å². The lowest BCUT2D eigenvalue weighted by molar-refractivity contribution is -0.142. The molecule has 0 aromatic carbocycles. The largest absolute Gasteiger partial charge is 0.480 e. The lowest BCUT2D eigenvalue weighted by Gasteiger charge is -2.31. The molecule has 0 unspecified atom stereocenters. The highest BCUT2D eigenvalue weighted by Gasteiger charge is 2.38. The minimum atomic E-state index is -3.72. The molecule has 100 valence electrons. The first-order chi connectivity index (χ1) is 8.44. The number of rotatable bonds is 3. The summed E-state index contributed by atoms with van der Waals surface area (Å²) in [6.45, 7) is 0.268. The third-order valence-electron chi connectivity index (χ3n) is 2.87. The van der Waals surface area contributed by atoms with Gasteiger partial charge in [0.15, 0.2) is 0 Å². The molecule has 1 fully saturated rings. The van der Waals surface area contributed by atoms with E-state index in [2.05, 4.69) is 15.9 Å². The van der Waals surface area contributed by atoms with Gasteiger partial charge in [-0.25, -0.2) is 8.42 Å². The van der Waals surface area contributed by atoms with Crippen molar-refractivity contribution in [2.75, 3.05) is 6.54 Å². The van der Waals surface area contributed by atoms with Crippen molar-refractivity contribution in [3.63, 3.8) is 0 Å². The third-order valence-corrected chi connectivity index (χ3v) is 7.42. The minimum absolute atomic E-state index is 0.177. The Morgan fingerprint density at radius 3 is 2.78 bits per heavy atom. The SMILES string of the molecule is O=C(O)[C@@H]1CCCCN1S(=O)(=O)c1sccc1Br. The fourth-order valence-corrected chi connectivity index (χ4v) is 6.09. The van der Waals surface area contributed by atoms with E-state index in [0.717, 1.165) is 22.1 Å². The molecule has 0 amide bonds. The van der Waals surface area contributed by atoms with Gasteiger partial charge in [-0.05, 0) is 46.6 Å². The number of nitrogens with zero attached hydrogens (tertiary/aromatic N) is 1. The van der Waals surface area contributed by atoms with Gasteiger partial charge in [0, 0.05) is 11.0 Å². The summed E-state index contributed by atoms with van der Waals surface area (Å²) in [4.78, 5) is 11.2. The van der Waals surface area contributed by atoms with E-state index >= 15 is 0 Å². The molecule has 0 aliphatic carbocycles. The zero-order valence-corrected chi connectivity index (χ0v) is 12.6. The van der Waals surface area contributed by atoms with Crippen LogP contribution in [-0.4, -0.2) is 36.4 Å². The highest BCUT2D eigenvalue weighted by atomic mass is 79.9. The summed E-state index contributed by atoms with van der Waals surface area (Å²) in [5.74, 6) is -1.08. The van der Waals surface area contributed by atoms with Crippen molar-refractivity contribution < 1.29 is 18.3 Å². The Kier molecular flexibility index (Phi) is 4.10. The number of hydrogen-bond donors (Lipinski definition) is 1. The molecule has 2 heterocycles. The highest BCUT2D eigenvalue weighted by molar-refractivity contribution is 9.10. The van der Waals surface area contributed by atoms with E-state index in [1.807, 2.05) is 0 Å². The van der Waals surface area contributed by atoms with Crippen molar-refractivity contribution >= 4 is 43.3 Å². The predicted octanol–water partition coefficient (Wildman–Crippen LogP) is 2.14. The number of carboxylic acid groups (broad SMARTS) is 1. The summed E-state index contributed by atoms with van der Waals surface area (Å²) in [6.07, 6.45) is 1.82. The Hall–Kier alpha value is -0.440. The van der Waals surface area contributed by atoms with Crippen molar-refractivity contribution in [2.24, 2.45) is 0 Å². The van der Waals surface area contributed by atoms with Gasteiger partial charge in [-0.3, -0.25) is 4.79 Å². The van der Waals surface area contributed by atoms with Gasteiger partial charge in [0.05, 0.1) is 0 Å². The number of piperidine rings is 1. The van der Waals surface area contributed by atoms with E-state index in [9.17, 15) is 13.2 Å². The monoisotopic (exact) mass is 353 g/mol. The number of hydrogen-bond acceptors (Lipinski definition) is 4. The maximum Gasteiger partial charge on any atom is 0.322 e. The quantitative estimate of drug-likeness (QED) is 0.903. The topological polar surface area (TPSA) is 74.7 Å². The van der Waals surface area contributed by atoms with Crippen LogP contribution in [0.4, 0.5) is 0 Å². The van der Waals surface area contributed by atoms with E-state index in [-0.39, 0.29) is 10.8 Å². The Labute approximate surface area is 118 Å². The van der Waals surface area contributed by atoms with Crippen LogP contribution in [0, 0.1) is 0 Å². The van der Waals surface area contributed by atoms with Crippen LogP contribution in [0.2, 0.25) is 0 Å². The lowest BCUT2D eigenvalue weighted by atomic mass is 10.1. The Bertz CT molecular complexity index is 554. The average Bonchev–Trinajstić information content (AvgIpc) is 2.76. The lowest BCUT2D eigenvalue weighted by Crippen LogP contribution is -2.47. The summed E-state index contributed by atoms with van der Waals surface area (Å²) in [6, 6.07) is 0.704. The van der Waals surface area contributed by atoms with Crippen molar-refractivity contribution in [2.45, 2.75) is 29.5 Å². The predicted molar refractivity (Wildman–Crippen MR) is 71.2 cm³/mol. The molecular weight excluding hydrogens is 342 g/mol. The van der Waals surface area contributed by atoms with Gasteiger partial charge >= 0.3 is 5.97 Å². The van der Waals surface area contributed by atoms with Crippen LogP contribution in [0.5, 0.6) is 0 Å². The number of carbonyl (C=O) groups is 1. The first kappa shape index (κ1) is 14.0. The van der Waals surface area contributed by atoms with Gasteiger partial charge < -0.3 is 5.11 Å². The molecule has 2 rings (SSSR count). The van der Waals surface area contributed by atoms with E-state index in [4.69, 9.17) is 5.11 Å². The summed E-state index contributed by atoms with van der Waals surface area (Å²) in [5.41, 5.74) is 0. The highest BCUT2D eigenvalue weighted by Crippen LogP contribution is 2.33. The minimum Gasteiger partial charge on any atom is -0.480 e. The zero-order chi connectivity index (χ0) is 13.3. The molecule has 0 radical (unpaired) electrons. The number of aliphatic carboxylic acids is 1. The van der Waals surface area contributed by atoms with Crippen LogP contribution >= 0.6 is 27.3 Å². The summed E-state index contributed by atoms with van der Waals surface area (Å²) >= 11 is 4.28. The van der Waals surface area contributed by atoms with Gasteiger partial charge in [-0.15, -0.1) is 11.3 Å². The third kappa shape index (κ3) is 2.47. The number of halogens is 1. The maximum atomic E-state index is 12.4. The standard InChI is InChI=1S/C10H12BrNO4S2/c11-7-4-6-17-10(7)18(15,16)12-5-2-1-3-8(12)9(13)14/h4,6,8H,1-3,5H2,(H,13,14)/t8-/m0/s1. The Morgan fingerprint density at radius 2 is 2.22 bits per heavy atom. The van der Waals surface area contributed by atoms with Crippen molar-refractivity contribution in [1.29, 1.82) is 0 Å². The molecule has 5 nitrogen and oxygen atoms in total. The molecular formula is C10H12BrNO4S2. The van der Waals surface area contributed by atoms with Crippen LogP contribution < -0.4 is 0 Å². The summed E-state index contributed by atoms with van der Waals surface area (Å²) < 4.78 is 26.6. The van der Waals surface area contributed by atoms with Crippen molar-refractivity contribution in [3.05, 3.63) is 15.9 Å². The Morgan fingerprint density at radius 1 is 1.50 bits per heavy atom. The second-order valence-electron chi connectivity index (χ2n) is 4.02. The van der Waals surface area contributed by atoms with Crippen molar-refractivity contribution in [1.82, 2.24) is 4.31 Å². The van der Waals surface area contributed by atoms with Crippen LogP contribution in [0.3, 0.4) is 0 Å². The fourth-order valence-electron chi connectivity index (χ4n) is 2.01. The second kappa shape index (κ2) is 5.28. The first-order valence-corrected chi connectivity index (χ1v) is 8.53. The molecule has 0 spiro atoms. The van der Waals surface area contributed by atoms with E-state index < -0.39 is 22.0 Å². The second-order valence-corrected chi connectivity index (χ2v) is 7.88. The average molecular weight is 354 g/mol. The molecule has 0 saturated carbocycles. The summed E-state index contributed by atoms with van der Waals surface area (Å²) in [5, 5.41) is 10.8. The van der Waals surface area contributed by atoms with Gasteiger partial charge in [0.25, 0.3) is 10.0 Å². The van der Waals surface area contributed by atoms with Gasteiger partial charge in [0.1, 0.15) is 10.3 Å². The molecule has 1 atom stereocenters. The molecule has 1 saturated heterocycles. The van der Waals surface area contributed by atoms with Crippen molar-refractivity contribution in [3.8, 4) is 0 Å². The number of thiophene rings is 1. The van der Waals surface area contributed by atoms with Crippen LogP contribution in [0.25, 0.3) is 0 Å². The normalized spacial score (nSPS) is 21.9. The first-order valence-electron chi connectivity index (χ1n) is 5.42. The van der Waals surface area contributed by atoms with Gasteiger partial charge in [0.2, 0.25) is 0 Å². The number of carboxylic acids is 1. The maximum absolute atomic E-state index is 12.4. The van der Waals surface area contributed by atoms with E-state index in [1.54, 1.807) is 11.4 Å². The molecule has 1 aliphatic heterocycles. The number of sulfonamides is 1. The molecule has 1 aromatic rings. The molecule has 1 aromatic heterocycles. The molecule has 8 heteroatoms. The summed E-state index contributed by atoms with van der Waals surface area (Å²) in [7, 11) is -3.72. The molecule has 0 bridgehead atoms. The van der Waals surface area contributed by atoms with E-state index in [1.165, 1.54) is 0 Å². The zero-order valence-electron chi connectivity index (χ0n) is 9.37.